The molecule has 0 bridgehead atoms. The molecule has 1 aromatic carbocycles. The Labute approximate surface area is 165 Å². The number of benzene rings is 1. The third-order valence-electron chi connectivity index (χ3n) is 4.81. The van der Waals surface area contributed by atoms with Crippen LogP contribution >= 0.6 is 0 Å². The van der Waals surface area contributed by atoms with Crippen molar-refractivity contribution in [2.45, 2.75) is 39.4 Å². The Morgan fingerprint density at radius 1 is 1.14 bits per heavy atom. The van der Waals surface area contributed by atoms with Crippen LogP contribution in [-0.2, 0) is 13.1 Å². The van der Waals surface area contributed by atoms with Gasteiger partial charge in [0.1, 0.15) is 11.6 Å². The number of rotatable bonds is 7. The maximum Gasteiger partial charge on any atom is 0.163 e. The fraction of sp³-hybridized carbons (Fsp3) is 0.318. The van der Waals surface area contributed by atoms with E-state index in [1.807, 2.05) is 30.3 Å². The number of hydrogen-bond donors (Lipinski definition) is 2. The van der Waals surface area contributed by atoms with Crippen LogP contribution in [0.3, 0.4) is 0 Å². The van der Waals surface area contributed by atoms with E-state index in [0.29, 0.717) is 12.4 Å². The van der Waals surface area contributed by atoms with Gasteiger partial charge in [-0.05, 0) is 31.5 Å². The van der Waals surface area contributed by atoms with Crippen molar-refractivity contribution < 1.29 is 4.74 Å². The first-order valence-electron chi connectivity index (χ1n) is 9.75. The molecular formula is C22H25N5O. The molecule has 28 heavy (non-hydrogen) atoms. The van der Waals surface area contributed by atoms with E-state index in [2.05, 4.69) is 35.5 Å². The van der Waals surface area contributed by atoms with Crippen LogP contribution in [0.25, 0.3) is 11.4 Å². The van der Waals surface area contributed by atoms with E-state index in [1.165, 1.54) is 0 Å². The van der Waals surface area contributed by atoms with Crippen LogP contribution in [-0.4, -0.2) is 21.6 Å². The monoisotopic (exact) mass is 375 g/mol. The molecule has 1 unspecified atom stereocenters. The van der Waals surface area contributed by atoms with Crippen LogP contribution in [0.4, 0.5) is 5.82 Å². The van der Waals surface area contributed by atoms with Gasteiger partial charge >= 0.3 is 0 Å². The van der Waals surface area contributed by atoms with Crippen LogP contribution in [0.15, 0.2) is 48.8 Å². The highest BCUT2D eigenvalue weighted by Gasteiger charge is 2.22. The number of pyridine rings is 1. The predicted octanol–water partition coefficient (Wildman–Crippen LogP) is 4.10. The zero-order valence-corrected chi connectivity index (χ0v) is 16.3. The summed E-state index contributed by atoms with van der Waals surface area (Å²) in [5.41, 5.74) is 4.21. The van der Waals surface area contributed by atoms with Crippen molar-refractivity contribution in [3.8, 4) is 17.1 Å². The highest BCUT2D eigenvalue weighted by atomic mass is 16.5. The molecule has 0 saturated heterocycles. The van der Waals surface area contributed by atoms with E-state index in [9.17, 15) is 0 Å². The fourth-order valence-electron chi connectivity index (χ4n) is 3.38. The van der Waals surface area contributed by atoms with Gasteiger partial charge in [0.25, 0.3) is 0 Å². The van der Waals surface area contributed by atoms with Crippen LogP contribution in [0.5, 0.6) is 5.75 Å². The number of nitrogens with zero attached hydrogens (tertiary/aromatic N) is 3. The summed E-state index contributed by atoms with van der Waals surface area (Å²) in [6, 6.07) is 12.1. The molecule has 1 aliphatic heterocycles. The molecule has 0 aliphatic carbocycles. The first-order valence-corrected chi connectivity index (χ1v) is 9.75. The van der Waals surface area contributed by atoms with Gasteiger partial charge in [-0.15, -0.1) is 0 Å². The Bertz CT molecular complexity index is 945. The zero-order chi connectivity index (χ0) is 19.3. The summed E-state index contributed by atoms with van der Waals surface area (Å²) in [7, 11) is 0. The summed E-state index contributed by atoms with van der Waals surface area (Å²) in [5, 5.41) is 6.97. The Kier molecular flexibility index (Phi) is 5.48. The molecule has 0 amide bonds. The van der Waals surface area contributed by atoms with Crippen LogP contribution in [0, 0.1) is 0 Å². The standard InChI is InChI=1S/C22H25N5O/c1-3-11-28-20-9-5-4-8-17(20)15(2)25-22-18-13-24-14-19(18)26-21(27-22)16-7-6-10-23-12-16/h4-10,12,15,24H,3,11,13-14H2,1-2H3,(H,25,26,27). The Balaban J connectivity index is 1.66. The van der Waals surface area contributed by atoms with E-state index in [1.54, 1.807) is 12.4 Å². The molecule has 0 fully saturated rings. The van der Waals surface area contributed by atoms with Gasteiger partial charge in [0.15, 0.2) is 5.82 Å². The van der Waals surface area contributed by atoms with E-state index in [0.717, 1.165) is 53.5 Å². The van der Waals surface area contributed by atoms with Crippen molar-refractivity contribution >= 4 is 5.82 Å². The van der Waals surface area contributed by atoms with Crippen molar-refractivity contribution in [2.75, 3.05) is 11.9 Å². The van der Waals surface area contributed by atoms with Crippen molar-refractivity contribution in [3.05, 3.63) is 65.6 Å². The fourth-order valence-corrected chi connectivity index (χ4v) is 3.38. The number of aromatic nitrogens is 3. The molecule has 2 N–H and O–H groups in total. The Hall–Kier alpha value is -2.99. The number of hydrogen-bond acceptors (Lipinski definition) is 6. The predicted molar refractivity (Wildman–Crippen MR) is 110 cm³/mol. The second-order valence-electron chi connectivity index (χ2n) is 6.92. The number of fused-ring (bicyclic) bond motifs is 1. The molecule has 1 atom stereocenters. The van der Waals surface area contributed by atoms with E-state index >= 15 is 0 Å². The molecule has 0 radical (unpaired) electrons. The SMILES string of the molecule is CCCOc1ccccc1C(C)Nc1nc(-c2cccnc2)nc2c1CNC2. The van der Waals surface area contributed by atoms with Crippen molar-refractivity contribution in [1.82, 2.24) is 20.3 Å². The summed E-state index contributed by atoms with van der Waals surface area (Å²) < 4.78 is 5.94. The molecule has 144 valence electrons. The number of ether oxygens (including phenoxy) is 1. The van der Waals surface area contributed by atoms with Crippen molar-refractivity contribution in [3.63, 3.8) is 0 Å². The first-order chi connectivity index (χ1) is 13.8. The van der Waals surface area contributed by atoms with Gasteiger partial charge < -0.3 is 15.4 Å². The summed E-state index contributed by atoms with van der Waals surface area (Å²) >= 11 is 0. The van der Waals surface area contributed by atoms with Crippen molar-refractivity contribution in [1.29, 1.82) is 0 Å². The topological polar surface area (TPSA) is 72.0 Å². The summed E-state index contributed by atoms with van der Waals surface area (Å²) in [5.74, 6) is 2.48. The lowest BCUT2D eigenvalue weighted by molar-refractivity contribution is 0.313. The molecule has 4 rings (SSSR count). The number of anilines is 1. The molecule has 1 aliphatic rings. The Morgan fingerprint density at radius 2 is 2.04 bits per heavy atom. The van der Waals surface area contributed by atoms with Crippen LogP contribution in [0.2, 0.25) is 0 Å². The lowest BCUT2D eigenvalue weighted by Crippen LogP contribution is -2.13. The van der Waals surface area contributed by atoms with Gasteiger partial charge in [0, 0.05) is 42.2 Å². The van der Waals surface area contributed by atoms with Crippen LogP contribution in [0.1, 0.15) is 43.1 Å². The quantitative estimate of drug-likeness (QED) is 0.648. The summed E-state index contributed by atoms with van der Waals surface area (Å²) in [6.45, 7) is 6.48. The molecule has 0 saturated carbocycles. The molecule has 3 heterocycles. The average molecular weight is 375 g/mol. The van der Waals surface area contributed by atoms with Gasteiger partial charge in [0.2, 0.25) is 0 Å². The molecule has 0 spiro atoms. The van der Waals surface area contributed by atoms with Crippen molar-refractivity contribution in [2.24, 2.45) is 0 Å². The number of para-hydroxylation sites is 1. The molecule has 2 aromatic heterocycles. The molecule has 6 heteroatoms. The summed E-state index contributed by atoms with van der Waals surface area (Å²) in [4.78, 5) is 13.8. The highest BCUT2D eigenvalue weighted by molar-refractivity contribution is 5.60. The van der Waals surface area contributed by atoms with Gasteiger partial charge in [-0.25, -0.2) is 9.97 Å². The second kappa shape index (κ2) is 8.35. The minimum Gasteiger partial charge on any atom is -0.493 e. The first kappa shape index (κ1) is 18.4. The smallest absolute Gasteiger partial charge is 0.163 e. The lowest BCUT2D eigenvalue weighted by atomic mass is 10.1. The number of nitrogens with one attached hydrogen (secondary N) is 2. The molecule has 3 aromatic rings. The third kappa shape index (κ3) is 3.82. The maximum atomic E-state index is 5.94. The minimum atomic E-state index is 0.0504. The summed E-state index contributed by atoms with van der Waals surface area (Å²) in [6.07, 6.45) is 4.54. The van der Waals surface area contributed by atoms with E-state index < -0.39 is 0 Å². The van der Waals surface area contributed by atoms with Gasteiger partial charge in [-0.1, -0.05) is 25.1 Å². The van der Waals surface area contributed by atoms with Gasteiger partial charge in [-0.3, -0.25) is 4.98 Å². The third-order valence-corrected chi connectivity index (χ3v) is 4.81. The van der Waals surface area contributed by atoms with E-state index in [4.69, 9.17) is 14.7 Å². The minimum absolute atomic E-state index is 0.0504. The lowest BCUT2D eigenvalue weighted by Gasteiger charge is -2.20. The normalized spacial score (nSPS) is 13.8. The second-order valence-corrected chi connectivity index (χ2v) is 6.92. The van der Waals surface area contributed by atoms with Gasteiger partial charge in [-0.2, -0.15) is 0 Å². The van der Waals surface area contributed by atoms with E-state index in [-0.39, 0.29) is 6.04 Å². The maximum absolute atomic E-state index is 5.94. The molecule has 6 nitrogen and oxygen atoms in total. The molecular weight excluding hydrogens is 350 g/mol. The van der Waals surface area contributed by atoms with Crippen LogP contribution < -0.4 is 15.4 Å². The highest BCUT2D eigenvalue weighted by Crippen LogP contribution is 2.31. The Morgan fingerprint density at radius 3 is 2.86 bits per heavy atom. The average Bonchev–Trinajstić information content (AvgIpc) is 3.22. The zero-order valence-electron chi connectivity index (χ0n) is 16.3. The van der Waals surface area contributed by atoms with Gasteiger partial charge in [0.05, 0.1) is 18.3 Å². The largest absolute Gasteiger partial charge is 0.493 e.